The van der Waals surface area contributed by atoms with Gasteiger partial charge in [0.05, 0.1) is 5.69 Å². The van der Waals surface area contributed by atoms with Gasteiger partial charge in [-0.25, -0.2) is 0 Å². The molecule has 2 nitrogen and oxygen atoms in total. The first-order valence-corrected chi connectivity index (χ1v) is 5.27. The van der Waals surface area contributed by atoms with Crippen LogP contribution in [0.3, 0.4) is 0 Å². The molecule has 14 heavy (non-hydrogen) atoms. The molecule has 2 heteroatoms. The quantitative estimate of drug-likeness (QED) is 0.572. The molecule has 0 aromatic heterocycles. The van der Waals surface area contributed by atoms with Crippen molar-refractivity contribution in [3.8, 4) is 5.75 Å². The Morgan fingerprint density at radius 3 is 2.07 bits per heavy atom. The molecule has 0 amide bonds. The van der Waals surface area contributed by atoms with Gasteiger partial charge in [0.25, 0.3) is 0 Å². The molecule has 0 fully saturated rings. The fourth-order valence-corrected chi connectivity index (χ4v) is 1.86. The average molecular weight is 193 g/mol. The first kappa shape index (κ1) is 10.9. The zero-order valence-corrected chi connectivity index (χ0v) is 9.22. The lowest BCUT2D eigenvalue weighted by atomic mass is 9.96. The van der Waals surface area contributed by atoms with E-state index in [1.54, 1.807) is 0 Å². The first-order valence-electron chi connectivity index (χ1n) is 5.27. The Morgan fingerprint density at radius 1 is 1.07 bits per heavy atom. The number of aryl methyl sites for hydroxylation is 2. The molecule has 0 aliphatic carbocycles. The molecule has 0 radical (unpaired) electrons. The van der Waals surface area contributed by atoms with Crippen LogP contribution in [0.2, 0.25) is 0 Å². The number of hydrogen-bond acceptors (Lipinski definition) is 2. The monoisotopic (exact) mass is 193 g/mol. The third-order valence-electron chi connectivity index (χ3n) is 2.74. The molecular weight excluding hydrogens is 174 g/mol. The highest BCUT2D eigenvalue weighted by molar-refractivity contribution is 5.64. The highest BCUT2D eigenvalue weighted by Gasteiger charge is 2.11. The van der Waals surface area contributed by atoms with E-state index in [2.05, 4.69) is 19.9 Å². The minimum absolute atomic E-state index is 0.279. The van der Waals surface area contributed by atoms with Gasteiger partial charge < -0.3 is 10.8 Å². The fraction of sp³-hybridized carbons (Fsp3) is 0.500. The van der Waals surface area contributed by atoms with E-state index in [0.717, 1.165) is 30.4 Å². The number of rotatable bonds is 3. The summed E-state index contributed by atoms with van der Waals surface area (Å²) in [7, 11) is 0. The van der Waals surface area contributed by atoms with Crippen molar-refractivity contribution in [1.29, 1.82) is 0 Å². The zero-order chi connectivity index (χ0) is 10.7. The Bertz CT molecular complexity index is 332. The summed E-state index contributed by atoms with van der Waals surface area (Å²) in [5, 5.41) is 9.80. The topological polar surface area (TPSA) is 46.2 Å². The molecule has 0 saturated heterocycles. The number of phenols is 1. The number of nitrogen functional groups attached to an aromatic ring is 1. The number of nitrogens with two attached hydrogens (primary N) is 1. The van der Waals surface area contributed by atoms with Gasteiger partial charge in [0.15, 0.2) is 0 Å². The largest absolute Gasteiger partial charge is 0.505 e. The van der Waals surface area contributed by atoms with Crippen LogP contribution in [0.1, 0.15) is 37.5 Å². The summed E-state index contributed by atoms with van der Waals surface area (Å²) in [5.41, 5.74) is 9.79. The Kier molecular flexibility index (Phi) is 3.39. The summed E-state index contributed by atoms with van der Waals surface area (Å²) in [5.74, 6) is 0.279. The summed E-state index contributed by atoms with van der Waals surface area (Å²) < 4.78 is 0. The molecule has 1 aromatic rings. The number of benzene rings is 1. The van der Waals surface area contributed by atoms with Crippen LogP contribution in [0.25, 0.3) is 0 Å². The molecular formula is C12H19NO. The van der Waals surface area contributed by atoms with Crippen LogP contribution in [-0.4, -0.2) is 5.11 Å². The predicted octanol–water partition coefficient (Wildman–Crippen LogP) is 2.66. The van der Waals surface area contributed by atoms with Crippen molar-refractivity contribution in [3.63, 3.8) is 0 Å². The Morgan fingerprint density at radius 2 is 1.64 bits per heavy atom. The predicted molar refractivity (Wildman–Crippen MR) is 60.7 cm³/mol. The molecule has 3 N–H and O–H groups in total. The van der Waals surface area contributed by atoms with Crippen molar-refractivity contribution in [2.45, 2.75) is 40.0 Å². The molecule has 0 heterocycles. The van der Waals surface area contributed by atoms with Crippen LogP contribution in [0.4, 0.5) is 5.69 Å². The van der Waals surface area contributed by atoms with Crippen molar-refractivity contribution in [1.82, 2.24) is 0 Å². The second kappa shape index (κ2) is 4.36. The first-order chi connectivity index (χ1) is 6.65. The third-order valence-corrected chi connectivity index (χ3v) is 2.74. The van der Waals surface area contributed by atoms with Gasteiger partial charge in [-0.3, -0.25) is 0 Å². The van der Waals surface area contributed by atoms with E-state index in [1.807, 2.05) is 6.92 Å². The maximum Gasteiger partial charge on any atom is 0.141 e. The van der Waals surface area contributed by atoms with E-state index in [1.165, 1.54) is 5.56 Å². The Balaban J connectivity index is 3.38. The molecule has 1 aromatic carbocycles. The van der Waals surface area contributed by atoms with Crippen molar-refractivity contribution >= 4 is 5.69 Å². The van der Waals surface area contributed by atoms with Gasteiger partial charge in [0.1, 0.15) is 5.75 Å². The van der Waals surface area contributed by atoms with Crippen molar-refractivity contribution in [2.75, 3.05) is 5.73 Å². The third kappa shape index (κ3) is 1.69. The molecule has 0 unspecified atom stereocenters. The van der Waals surface area contributed by atoms with Crippen LogP contribution in [0, 0.1) is 0 Å². The van der Waals surface area contributed by atoms with Gasteiger partial charge in [-0.2, -0.15) is 0 Å². The fourth-order valence-electron chi connectivity index (χ4n) is 1.86. The molecule has 0 bridgehead atoms. The number of hydrogen-bond donors (Lipinski definition) is 2. The SMILES string of the molecule is CCc1cc(CC)c(CC)c(N)c1O. The molecule has 0 atom stereocenters. The van der Waals surface area contributed by atoms with E-state index in [9.17, 15) is 5.11 Å². The van der Waals surface area contributed by atoms with Crippen LogP contribution in [0.5, 0.6) is 5.75 Å². The molecule has 0 aliphatic heterocycles. The second-order valence-corrected chi connectivity index (χ2v) is 3.50. The minimum atomic E-state index is 0.279. The van der Waals surface area contributed by atoms with Gasteiger partial charge in [-0.05, 0) is 36.0 Å². The molecule has 0 saturated carbocycles. The van der Waals surface area contributed by atoms with E-state index >= 15 is 0 Å². The summed E-state index contributed by atoms with van der Waals surface area (Å²) >= 11 is 0. The highest BCUT2D eigenvalue weighted by atomic mass is 16.3. The van der Waals surface area contributed by atoms with Gasteiger partial charge in [0, 0.05) is 0 Å². The molecule has 0 spiro atoms. The Hall–Kier alpha value is -1.18. The lowest BCUT2D eigenvalue weighted by Crippen LogP contribution is -2.01. The average Bonchev–Trinajstić information content (AvgIpc) is 2.21. The van der Waals surface area contributed by atoms with Crippen molar-refractivity contribution in [2.24, 2.45) is 0 Å². The lowest BCUT2D eigenvalue weighted by Gasteiger charge is -2.14. The van der Waals surface area contributed by atoms with Gasteiger partial charge >= 0.3 is 0 Å². The van der Waals surface area contributed by atoms with E-state index in [4.69, 9.17) is 5.73 Å². The maximum atomic E-state index is 9.80. The summed E-state index contributed by atoms with van der Waals surface area (Å²) in [6, 6.07) is 2.07. The van der Waals surface area contributed by atoms with E-state index in [0.29, 0.717) is 5.69 Å². The van der Waals surface area contributed by atoms with Crippen molar-refractivity contribution in [3.05, 3.63) is 22.8 Å². The smallest absolute Gasteiger partial charge is 0.141 e. The number of anilines is 1. The van der Waals surface area contributed by atoms with Crippen LogP contribution >= 0.6 is 0 Å². The Labute approximate surface area is 85.8 Å². The van der Waals surface area contributed by atoms with Gasteiger partial charge in [-0.1, -0.05) is 26.8 Å². The molecule has 78 valence electrons. The standard InChI is InChI=1S/C12H19NO/c1-4-8-7-9(5-2)12(14)11(13)10(8)6-3/h7,14H,4-6,13H2,1-3H3. The summed E-state index contributed by atoms with van der Waals surface area (Å²) in [4.78, 5) is 0. The van der Waals surface area contributed by atoms with Crippen LogP contribution < -0.4 is 5.73 Å². The maximum absolute atomic E-state index is 9.80. The number of aromatic hydroxyl groups is 1. The zero-order valence-electron chi connectivity index (χ0n) is 9.22. The lowest BCUT2D eigenvalue weighted by molar-refractivity contribution is 0.470. The highest BCUT2D eigenvalue weighted by Crippen LogP contribution is 2.32. The number of phenolic OH excluding ortho intramolecular Hbond substituents is 1. The molecule has 0 aliphatic rings. The van der Waals surface area contributed by atoms with E-state index in [-0.39, 0.29) is 5.75 Å². The summed E-state index contributed by atoms with van der Waals surface area (Å²) in [6.45, 7) is 6.21. The van der Waals surface area contributed by atoms with Gasteiger partial charge in [0.2, 0.25) is 0 Å². The van der Waals surface area contributed by atoms with Crippen molar-refractivity contribution < 1.29 is 5.11 Å². The minimum Gasteiger partial charge on any atom is -0.505 e. The summed E-state index contributed by atoms with van der Waals surface area (Å²) in [6.07, 6.45) is 2.68. The molecule has 1 rings (SSSR count). The second-order valence-electron chi connectivity index (χ2n) is 3.50. The van der Waals surface area contributed by atoms with Gasteiger partial charge in [-0.15, -0.1) is 0 Å². The van der Waals surface area contributed by atoms with Crippen LogP contribution in [-0.2, 0) is 19.3 Å². The van der Waals surface area contributed by atoms with E-state index < -0.39 is 0 Å². The van der Waals surface area contributed by atoms with Crippen LogP contribution in [0.15, 0.2) is 6.07 Å². The normalized spacial score (nSPS) is 10.5.